The Hall–Kier alpha value is -3.15. The van der Waals surface area contributed by atoms with E-state index in [9.17, 15) is 4.79 Å². The second-order valence-electron chi connectivity index (χ2n) is 7.76. The number of para-hydroxylation sites is 1. The molecular weight excluding hydrogens is 350 g/mol. The van der Waals surface area contributed by atoms with Gasteiger partial charge in [-0.3, -0.25) is 4.79 Å². The minimum Gasteiger partial charge on any atom is -0.342 e. The van der Waals surface area contributed by atoms with E-state index in [2.05, 4.69) is 35.1 Å². The molecule has 0 unspecified atom stereocenters. The van der Waals surface area contributed by atoms with Gasteiger partial charge in [-0.15, -0.1) is 0 Å². The highest BCUT2D eigenvalue weighted by Crippen LogP contribution is 2.29. The Morgan fingerprint density at radius 1 is 1.07 bits per heavy atom. The maximum absolute atomic E-state index is 12.9. The molecule has 1 fully saturated rings. The molecule has 1 saturated heterocycles. The first-order valence-corrected chi connectivity index (χ1v) is 9.78. The molecule has 4 heterocycles. The molecule has 4 aromatic rings. The van der Waals surface area contributed by atoms with E-state index in [1.165, 1.54) is 5.56 Å². The number of likely N-dealkylation sites (tertiary alicyclic amines) is 1. The van der Waals surface area contributed by atoms with E-state index in [4.69, 9.17) is 4.98 Å². The number of H-pyrrole nitrogens is 1. The lowest BCUT2D eigenvalue weighted by Gasteiger charge is -2.30. The van der Waals surface area contributed by atoms with Crippen molar-refractivity contribution in [1.29, 1.82) is 0 Å². The molecule has 1 aliphatic rings. The van der Waals surface area contributed by atoms with Crippen molar-refractivity contribution in [2.75, 3.05) is 13.1 Å². The van der Waals surface area contributed by atoms with Gasteiger partial charge < -0.3 is 14.3 Å². The van der Waals surface area contributed by atoms with Crippen molar-refractivity contribution in [3.63, 3.8) is 0 Å². The van der Waals surface area contributed by atoms with Gasteiger partial charge in [0, 0.05) is 31.4 Å². The van der Waals surface area contributed by atoms with Crippen LogP contribution < -0.4 is 0 Å². The molecule has 0 spiro atoms. The zero-order chi connectivity index (χ0) is 19.3. The lowest BCUT2D eigenvalue weighted by Crippen LogP contribution is -2.38. The number of nitrogens with one attached hydrogen (secondary N) is 1. The number of hydrogen-bond acceptors (Lipinski definition) is 3. The highest BCUT2D eigenvalue weighted by molar-refractivity contribution is 5.93. The van der Waals surface area contributed by atoms with E-state index >= 15 is 0 Å². The monoisotopic (exact) mass is 373 g/mol. The number of fused-ring (bicyclic) bond motifs is 2. The number of rotatable bonds is 2. The number of benzene rings is 1. The standard InChI is InChI=1S/C22H23N5O/c1-14-6-7-19-23-18(13-27(19)12-14)22(28)26-10-8-16(9-11-26)21-24-17-5-3-4-15(2)20(17)25-21/h3-7,12-13,16H,8-11H2,1-2H3,(H,24,25). The van der Waals surface area contributed by atoms with Gasteiger partial charge in [-0.1, -0.05) is 18.2 Å². The molecule has 0 saturated carbocycles. The molecule has 142 valence electrons. The lowest BCUT2D eigenvalue weighted by atomic mass is 9.96. The highest BCUT2D eigenvalue weighted by Gasteiger charge is 2.27. The maximum atomic E-state index is 12.9. The van der Waals surface area contributed by atoms with Crippen molar-refractivity contribution in [3.05, 3.63) is 65.4 Å². The van der Waals surface area contributed by atoms with E-state index in [1.54, 1.807) is 0 Å². The Morgan fingerprint density at radius 2 is 1.89 bits per heavy atom. The molecule has 1 aliphatic heterocycles. The number of carbonyl (C=O) groups excluding carboxylic acids is 1. The summed E-state index contributed by atoms with van der Waals surface area (Å²) < 4.78 is 1.92. The number of pyridine rings is 1. The van der Waals surface area contributed by atoms with Crippen LogP contribution in [0.4, 0.5) is 0 Å². The zero-order valence-corrected chi connectivity index (χ0v) is 16.1. The Morgan fingerprint density at radius 3 is 2.68 bits per heavy atom. The molecule has 5 rings (SSSR count). The first kappa shape index (κ1) is 17.0. The number of hydrogen-bond donors (Lipinski definition) is 1. The van der Waals surface area contributed by atoms with Crippen molar-refractivity contribution in [2.45, 2.75) is 32.6 Å². The molecule has 6 nitrogen and oxygen atoms in total. The van der Waals surface area contributed by atoms with Crippen molar-refractivity contribution >= 4 is 22.6 Å². The average Bonchev–Trinajstić information content (AvgIpc) is 3.32. The Bertz CT molecular complexity index is 1180. The third-order valence-corrected chi connectivity index (χ3v) is 5.72. The smallest absolute Gasteiger partial charge is 0.274 e. The van der Waals surface area contributed by atoms with Crippen LogP contribution in [0.25, 0.3) is 16.7 Å². The number of piperidine rings is 1. The second-order valence-corrected chi connectivity index (χ2v) is 7.76. The quantitative estimate of drug-likeness (QED) is 0.580. The van der Waals surface area contributed by atoms with Gasteiger partial charge in [-0.05, 0) is 49.9 Å². The molecule has 28 heavy (non-hydrogen) atoms. The van der Waals surface area contributed by atoms with Crippen molar-refractivity contribution in [2.24, 2.45) is 0 Å². The zero-order valence-electron chi connectivity index (χ0n) is 16.1. The van der Waals surface area contributed by atoms with Gasteiger partial charge >= 0.3 is 0 Å². The minimum atomic E-state index is 0.0141. The number of imidazole rings is 2. The van der Waals surface area contributed by atoms with E-state index < -0.39 is 0 Å². The molecule has 6 heteroatoms. The van der Waals surface area contributed by atoms with Gasteiger partial charge in [0.25, 0.3) is 5.91 Å². The number of nitrogens with zero attached hydrogens (tertiary/aromatic N) is 4. The largest absolute Gasteiger partial charge is 0.342 e. The van der Waals surface area contributed by atoms with Crippen LogP contribution in [0.5, 0.6) is 0 Å². The average molecular weight is 373 g/mol. The van der Waals surface area contributed by atoms with Crippen LogP contribution in [0.1, 0.15) is 46.2 Å². The van der Waals surface area contributed by atoms with Crippen LogP contribution in [0.2, 0.25) is 0 Å². The van der Waals surface area contributed by atoms with Gasteiger partial charge in [-0.25, -0.2) is 9.97 Å². The first-order chi connectivity index (χ1) is 13.6. The fourth-order valence-electron chi connectivity index (χ4n) is 4.11. The molecule has 0 aliphatic carbocycles. The van der Waals surface area contributed by atoms with Gasteiger partial charge in [-0.2, -0.15) is 0 Å². The summed E-state index contributed by atoms with van der Waals surface area (Å²) in [4.78, 5) is 27.6. The summed E-state index contributed by atoms with van der Waals surface area (Å²) in [7, 11) is 0. The number of carbonyl (C=O) groups is 1. The fourth-order valence-corrected chi connectivity index (χ4v) is 4.11. The van der Waals surface area contributed by atoms with E-state index in [0.717, 1.165) is 54.0 Å². The number of aromatic nitrogens is 4. The summed E-state index contributed by atoms with van der Waals surface area (Å²) in [5, 5.41) is 0. The molecule has 0 bridgehead atoms. The van der Waals surface area contributed by atoms with Crippen molar-refractivity contribution in [3.8, 4) is 0 Å². The van der Waals surface area contributed by atoms with Crippen LogP contribution in [0, 0.1) is 13.8 Å². The molecule has 1 amide bonds. The number of amides is 1. The van der Waals surface area contributed by atoms with Crippen LogP contribution in [-0.2, 0) is 0 Å². The number of aryl methyl sites for hydroxylation is 2. The third-order valence-electron chi connectivity index (χ3n) is 5.72. The summed E-state index contributed by atoms with van der Waals surface area (Å²) in [5.74, 6) is 1.42. The summed E-state index contributed by atoms with van der Waals surface area (Å²) >= 11 is 0. The van der Waals surface area contributed by atoms with Gasteiger partial charge in [0.05, 0.1) is 11.0 Å². The number of aromatic amines is 1. The molecule has 1 N–H and O–H groups in total. The SMILES string of the molecule is Cc1ccc2nc(C(=O)N3CCC(c4nc5c(C)cccc5[nH]4)CC3)cn2c1. The van der Waals surface area contributed by atoms with Crippen molar-refractivity contribution in [1.82, 2.24) is 24.3 Å². The van der Waals surface area contributed by atoms with E-state index in [-0.39, 0.29) is 5.91 Å². The predicted molar refractivity (Wildman–Crippen MR) is 109 cm³/mol. The summed E-state index contributed by atoms with van der Waals surface area (Å²) in [6.45, 7) is 5.58. The Balaban J connectivity index is 1.31. The predicted octanol–water partition coefficient (Wildman–Crippen LogP) is 3.85. The second kappa shape index (κ2) is 6.48. The molecule has 0 atom stereocenters. The van der Waals surface area contributed by atoms with Crippen molar-refractivity contribution < 1.29 is 4.79 Å². The summed E-state index contributed by atoms with van der Waals surface area (Å²) in [5.41, 5.74) is 5.80. The third kappa shape index (κ3) is 2.85. The normalized spacial score (nSPS) is 15.6. The maximum Gasteiger partial charge on any atom is 0.274 e. The van der Waals surface area contributed by atoms with Crippen LogP contribution in [-0.4, -0.2) is 43.2 Å². The van der Waals surface area contributed by atoms with Gasteiger partial charge in [0.1, 0.15) is 17.2 Å². The van der Waals surface area contributed by atoms with Crippen LogP contribution in [0.3, 0.4) is 0 Å². The minimum absolute atomic E-state index is 0.0141. The Labute approximate surface area is 163 Å². The topological polar surface area (TPSA) is 66.3 Å². The van der Waals surface area contributed by atoms with Gasteiger partial charge in [0.2, 0.25) is 0 Å². The molecule has 3 aromatic heterocycles. The Kier molecular flexibility index (Phi) is 3.93. The first-order valence-electron chi connectivity index (χ1n) is 9.78. The highest BCUT2D eigenvalue weighted by atomic mass is 16.2. The molecular formula is C22H23N5O. The summed E-state index contributed by atoms with van der Waals surface area (Å²) in [6, 6.07) is 10.2. The van der Waals surface area contributed by atoms with Crippen LogP contribution >= 0.6 is 0 Å². The van der Waals surface area contributed by atoms with Crippen LogP contribution in [0.15, 0.2) is 42.7 Å². The molecule has 1 aromatic carbocycles. The van der Waals surface area contributed by atoms with E-state index in [0.29, 0.717) is 11.6 Å². The van der Waals surface area contributed by atoms with E-state index in [1.807, 2.05) is 40.8 Å². The molecule has 0 radical (unpaired) electrons. The van der Waals surface area contributed by atoms with Gasteiger partial charge in [0.15, 0.2) is 0 Å². The lowest BCUT2D eigenvalue weighted by molar-refractivity contribution is 0.0706. The summed E-state index contributed by atoms with van der Waals surface area (Å²) in [6.07, 6.45) is 5.65. The fraction of sp³-hybridized carbons (Fsp3) is 0.318.